The number of benzene rings is 2. The second-order valence-electron chi connectivity index (χ2n) is 4.76. The van der Waals surface area contributed by atoms with Gasteiger partial charge in [0.05, 0.1) is 0 Å². The molecule has 2 aromatic carbocycles. The van der Waals surface area contributed by atoms with Gasteiger partial charge in [-0.25, -0.2) is 10.2 Å². The van der Waals surface area contributed by atoms with Crippen LogP contribution in [0.5, 0.6) is 0 Å². The van der Waals surface area contributed by atoms with Crippen LogP contribution in [0.15, 0.2) is 65.8 Å². The molecule has 0 aliphatic rings. The van der Waals surface area contributed by atoms with Crippen molar-refractivity contribution in [3.05, 3.63) is 66.2 Å². The van der Waals surface area contributed by atoms with Gasteiger partial charge in [0.15, 0.2) is 0 Å². The number of hydrazone groups is 1. The van der Waals surface area contributed by atoms with Crippen LogP contribution in [0.25, 0.3) is 0 Å². The lowest BCUT2D eigenvalue weighted by Gasteiger charge is -2.05. The van der Waals surface area contributed by atoms with Crippen LogP contribution in [-0.2, 0) is 6.42 Å². The van der Waals surface area contributed by atoms with Crippen molar-refractivity contribution in [2.24, 2.45) is 5.10 Å². The Labute approximate surface area is 124 Å². The summed E-state index contributed by atoms with van der Waals surface area (Å²) in [5.41, 5.74) is 5.40. The highest BCUT2D eigenvalue weighted by molar-refractivity contribution is 5.90. The number of nitrogens with zero attached hydrogens (tertiary/aromatic N) is 1. The largest absolute Gasteiger partial charge is 0.339 e. The number of amides is 2. The van der Waals surface area contributed by atoms with Crippen LogP contribution >= 0.6 is 0 Å². The van der Waals surface area contributed by atoms with E-state index in [-0.39, 0.29) is 6.03 Å². The van der Waals surface area contributed by atoms with Crippen molar-refractivity contribution in [1.82, 2.24) is 5.43 Å². The molecular formula is C17H19N3O. The minimum Gasteiger partial charge on any atom is -0.307 e. The van der Waals surface area contributed by atoms with Crippen molar-refractivity contribution < 1.29 is 4.79 Å². The second kappa shape index (κ2) is 7.85. The van der Waals surface area contributed by atoms with E-state index >= 15 is 0 Å². The zero-order valence-corrected chi connectivity index (χ0v) is 12.0. The van der Waals surface area contributed by atoms with Crippen LogP contribution in [0.1, 0.15) is 18.9 Å². The van der Waals surface area contributed by atoms with E-state index < -0.39 is 0 Å². The number of carbonyl (C=O) groups excluding carboxylic acids is 1. The van der Waals surface area contributed by atoms with Gasteiger partial charge in [-0.2, -0.15) is 5.10 Å². The molecule has 2 amide bonds. The molecule has 0 aromatic heterocycles. The van der Waals surface area contributed by atoms with Gasteiger partial charge in [0, 0.05) is 11.4 Å². The Morgan fingerprint density at radius 2 is 1.62 bits per heavy atom. The Bertz CT molecular complexity index is 594. The maximum Gasteiger partial charge on any atom is 0.339 e. The highest BCUT2D eigenvalue weighted by atomic mass is 16.2. The van der Waals surface area contributed by atoms with Gasteiger partial charge in [-0.3, -0.25) is 0 Å². The fourth-order valence-corrected chi connectivity index (χ4v) is 1.85. The Kier molecular flexibility index (Phi) is 5.52. The van der Waals surface area contributed by atoms with Crippen molar-refractivity contribution in [3.63, 3.8) is 0 Å². The molecule has 0 atom stereocenters. The third kappa shape index (κ3) is 5.48. The minimum absolute atomic E-state index is 0.333. The third-order valence-electron chi connectivity index (χ3n) is 3.00. The first-order chi connectivity index (χ1) is 10.2. The summed E-state index contributed by atoms with van der Waals surface area (Å²) >= 11 is 0. The summed E-state index contributed by atoms with van der Waals surface area (Å²) in [5, 5.41) is 6.80. The zero-order chi connectivity index (χ0) is 14.9. The smallest absolute Gasteiger partial charge is 0.307 e. The number of hydrogen-bond acceptors (Lipinski definition) is 2. The molecule has 2 aromatic rings. The summed E-state index contributed by atoms with van der Waals surface area (Å²) in [6.45, 7) is 1.91. The predicted octanol–water partition coefficient (Wildman–Crippen LogP) is 3.82. The van der Waals surface area contributed by atoms with E-state index in [1.165, 1.54) is 5.56 Å². The van der Waals surface area contributed by atoms with Crippen molar-refractivity contribution >= 4 is 17.4 Å². The lowest BCUT2D eigenvalue weighted by atomic mass is 10.1. The van der Waals surface area contributed by atoms with E-state index in [9.17, 15) is 4.79 Å². The van der Waals surface area contributed by atoms with Gasteiger partial charge < -0.3 is 5.32 Å². The standard InChI is InChI=1S/C17H19N3O/c1-14(12-13-15-8-4-2-5-9-15)19-20-17(21)18-16-10-6-3-7-11-16/h2-11H,12-13H2,1H3,(H2,18,20,21)/b19-14+. The number of aryl methyl sites for hydroxylation is 1. The third-order valence-corrected chi connectivity index (χ3v) is 3.00. The zero-order valence-electron chi connectivity index (χ0n) is 12.0. The van der Waals surface area contributed by atoms with Gasteiger partial charge in [0.25, 0.3) is 0 Å². The molecule has 0 aliphatic heterocycles. The molecule has 0 unspecified atom stereocenters. The molecule has 0 aliphatic carbocycles. The molecule has 2 rings (SSSR count). The molecule has 0 saturated carbocycles. The maximum atomic E-state index is 11.7. The topological polar surface area (TPSA) is 53.5 Å². The Morgan fingerprint density at radius 3 is 2.29 bits per heavy atom. The fraction of sp³-hybridized carbons (Fsp3) is 0.176. The summed E-state index contributed by atoms with van der Waals surface area (Å²) in [6.07, 6.45) is 1.73. The van der Waals surface area contributed by atoms with E-state index in [4.69, 9.17) is 0 Å². The predicted molar refractivity (Wildman–Crippen MR) is 86.5 cm³/mol. The highest BCUT2D eigenvalue weighted by Crippen LogP contribution is 2.05. The van der Waals surface area contributed by atoms with E-state index in [1.807, 2.05) is 55.5 Å². The van der Waals surface area contributed by atoms with E-state index in [2.05, 4.69) is 28.0 Å². The monoisotopic (exact) mass is 281 g/mol. The first kappa shape index (κ1) is 14.8. The average molecular weight is 281 g/mol. The number of para-hydroxylation sites is 1. The molecule has 108 valence electrons. The normalized spacial score (nSPS) is 11.0. The average Bonchev–Trinajstić information content (AvgIpc) is 2.53. The molecule has 0 radical (unpaired) electrons. The second-order valence-corrected chi connectivity index (χ2v) is 4.76. The minimum atomic E-state index is -0.333. The van der Waals surface area contributed by atoms with Gasteiger partial charge in [-0.05, 0) is 37.5 Å². The molecule has 0 bridgehead atoms. The van der Waals surface area contributed by atoms with Gasteiger partial charge in [-0.1, -0.05) is 48.5 Å². The van der Waals surface area contributed by atoms with Crippen LogP contribution in [0.2, 0.25) is 0 Å². The number of anilines is 1. The maximum absolute atomic E-state index is 11.7. The van der Waals surface area contributed by atoms with E-state index in [0.29, 0.717) is 0 Å². The first-order valence-electron chi connectivity index (χ1n) is 6.93. The number of carbonyl (C=O) groups is 1. The molecule has 2 N–H and O–H groups in total. The Balaban J connectivity index is 1.76. The van der Waals surface area contributed by atoms with Crippen molar-refractivity contribution in [1.29, 1.82) is 0 Å². The molecule has 0 spiro atoms. The highest BCUT2D eigenvalue weighted by Gasteiger charge is 2.00. The summed E-state index contributed by atoms with van der Waals surface area (Å²) in [5.74, 6) is 0. The lowest BCUT2D eigenvalue weighted by Crippen LogP contribution is -2.25. The lowest BCUT2D eigenvalue weighted by molar-refractivity contribution is 0.252. The summed E-state index contributed by atoms with van der Waals surface area (Å²) < 4.78 is 0. The van der Waals surface area contributed by atoms with Crippen LogP contribution in [0.4, 0.5) is 10.5 Å². The van der Waals surface area contributed by atoms with Gasteiger partial charge >= 0.3 is 6.03 Å². The molecule has 0 fully saturated rings. The number of hydrogen-bond donors (Lipinski definition) is 2. The van der Waals surface area contributed by atoms with Gasteiger partial charge in [0.1, 0.15) is 0 Å². The van der Waals surface area contributed by atoms with E-state index in [0.717, 1.165) is 24.2 Å². The van der Waals surface area contributed by atoms with Crippen molar-refractivity contribution in [2.45, 2.75) is 19.8 Å². The summed E-state index contributed by atoms with van der Waals surface area (Å²) in [7, 11) is 0. The quantitative estimate of drug-likeness (QED) is 0.635. The number of nitrogens with one attached hydrogen (secondary N) is 2. The summed E-state index contributed by atoms with van der Waals surface area (Å²) in [6, 6.07) is 19.2. The molecule has 21 heavy (non-hydrogen) atoms. The Hall–Kier alpha value is -2.62. The molecule has 4 nitrogen and oxygen atoms in total. The van der Waals surface area contributed by atoms with Crippen molar-refractivity contribution in [3.8, 4) is 0 Å². The molecular weight excluding hydrogens is 262 g/mol. The number of rotatable bonds is 5. The van der Waals surface area contributed by atoms with Gasteiger partial charge in [-0.15, -0.1) is 0 Å². The van der Waals surface area contributed by atoms with Crippen LogP contribution < -0.4 is 10.7 Å². The van der Waals surface area contributed by atoms with Crippen molar-refractivity contribution in [2.75, 3.05) is 5.32 Å². The fourth-order valence-electron chi connectivity index (χ4n) is 1.85. The number of urea groups is 1. The van der Waals surface area contributed by atoms with Crippen LogP contribution in [0, 0.1) is 0 Å². The molecule has 4 heteroatoms. The first-order valence-corrected chi connectivity index (χ1v) is 6.93. The SMILES string of the molecule is C/C(CCc1ccccc1)=N\NC(=O)Nc1ccccc1. The van der Waals surface area contributed by atoms with Crippen LogP contribution in [-0.4, -0.2) is 11.7 Å². The molecule has 0 saturated heterocycles. The molecule has 0 heterocycles. The van der Waals surface area contributed by atoms with Gasteiger partial charge in [0.2, 0.25) is 0 Å². The van der Waals surface area contributed by atoms with Crippen LogP contribution in [0.3, 0.4) is 0 Å². The Morgan fingerprint density at radius 1 is 1.00 bits per heavy atom. The summed E-state index contributed by atoms with van der Waals surface area (Å²) in [4.78, 5) is 11.7. The van der Waals surface area contributed by atoms with E-state index in [1.54, 1.807) is 0 Å².